The van der Waals surface area contributed by atoms with Crippen molar-refractivity contribution in [3.8, 4) is 0 Å². The highest BCUT2D eigenvalue weighted by Gasteiger charge is 2.08. The molecule has 0 aliphatic heterocycles. The standard InChI is InChI=1S/C13H18O.3C2H6/c1-6-7-12-10(4)11(5)13(14-12)8-9(2)3;3*1-2/h6-8H,1-5H3;3*1-2H3/b7-6-;;;. The first-order valence-electron chi connectivity index (χ1n) is 7.93. The molecule has 1 aromatic rings. The predicted molar refractivity (Wildman–Crippen MR) is 96.3 cm³/mol. The second kappa shape index (κ2) is 15.8. The van der Waals surface area contributed by atoms with Crippen LogP contribution in [0.25, 0.3) is 12.2 Å². The van der Waals surface area contributed by atoms with Gasteiger partial charge in [0.1, 0.15) is 11.5 Å². The molecule has 0 aliphatic rings. The molecule has 1 heteroatoms. The van der Waals surface area contributed by atoms with Crippen molar-refractivity contribution in [3.63, 3.8) is 0 Å². The van der Waals surface area contributed by atoms with E-state index in [-0.39, 0.29) is 0 Å². The van der Waals surface area contributed by atoms with E-state index in [4.69, 9.17) is 4.42 Å². The molecule has 0 spiro atoms. The Kier molecular flexibility index (Phi) is 18.8. The van der Waals surface area contributed by atoms with Crippen molar-refractivity contribution in [3.05, 3.63) is 34.3 Å². The normalized spacial score (nSPS) is 8.55. The summed E-state index contributed by atoms with van der Waals surface area (Å²) in [6.07, 6.45) is 6.08. The molecule has 1 rings (SSSR count). The van der Waals surface area contributed by atoms with Crippen LogP contribution in [0.4, 0.5) is 0 Å². The fourth-order valence-corrected chi connectivity index (χ4v) is 1.35. The molecule has 0 aliphatic carbocycles. The van der Waals surface area contributed by atoms with Crippen molar-refractivity contribution < 1.29 is 4.42 Å². The van der Waals surface area contributed by atoms with Gasteiger partial charge in [-0.05, 0) is 57.9 Å². The van der Waals surface area contributed by atoms with Gasteiger partial charge in [0, 0.05) is 0 Å². The molecule has 0 unspecified atom stereocenters. The Morgan fingerprint density at radius 3 is 1.55 bits per heavy atom. The molecule has 0 radical (unpaired) electrons. The zero-order valence-corrected chi connectivity index (χ0v) is 15.6. The predicted octanol–water partition coefficient (Wildman–Crippen LogP) is 7.43. The number of hydrogen-bond acceptors (Lipinski definition) is 1. The fourth-order valence-electron chi connectivity index (χ4n) is 1.35. The molecule has 0 aromatic carbocycles. The molecule has 1 heterocycles. The maximum Gasteiger partial charge on any atom is 0.130 e. The lowest BCUT2D eigenvalue weighted by atomic mass is 10.1. The van der Waals surface area contributed by atoms with E-state index >= 15 is 0 Å². The Morgan fingerprint density at radius 1 is 0.800 bits per heavy atom. The molecular formula is C19H36O. The zero-order chi connectivity index (χ0) is 16.7. The average Bonchev–Trinajstić information content (AvgIpc) is 2.74. The van der Waals surface area contributed by atoms with E-state index in [0.717, 1.165) is 11.5 Å². The SMILES string of the molecule is C/C=C\c1oc(C=C(C)C)c(C)c1C.CC.CC.CC. The van der Waals surface area contributed by atoms with Crippen LogP contribution in [0.3, 0.4) is 0 Å². The molecule has 0 atom stereocenters. The monoisotopic (exact) mass is 280 g/mol. The van der Waals surface area contributed by atoms with Crippen molar-refractivity contribution in [2.45, 2.75) is 76.2 Å². The zero-order valence-electron chi connectivity index (χ0n) is 15.6. The first-order valence-corrected chi connectivity index (χ1v) is 7.93. The Labute approximate surface area is 127 Å². The molecule has 0 N–H and O–H groups in total. The van der Waals surface area contributed by atoms with Crippen LogP contribution in [0, 0.1) is 13.8 Å². The second-order valence-corrected chi connectivity index (χ2v) is 3.80. The van der Waals surface area contributed by atoms with Crippen molar-refractivity contribution >= 4 is 12.2 Å². The van der Waals surface area contributed by atoms with Crippen LogP contribution in [0.1, 0.15) is 85.0 Å². The first-order chi connectivity index (χ1) is 9.56. The van der Waals surface area contributed by atoms with Crippen LogP contribution in [-0.2, 0) is 0 Å². The summed E-state index contributed by atoms with van der Waals surface area (Å²) in [4.78, 5) is 0. The molecular weight excluding hydrogens is 244 g/mol. The minimum atomic E-state index is 0.970. The molecule has 0 saturated heterocycles. The van der Waals surface area contributed by atoms with Crippen molar-refractivity contribution in [2.24, 2.45) is 0 Å². The third-order valence-electron chi connectivity index (χ3n) is 2.26. The van der Waals surface area contributed by atoms with Gasteiger partial charge < -0.3 is 4.42 Å². The summed E-state index contributed by atoms with van der Waals surface area (Å²) in [7, 11) is 0. The van der Waals surface area contributed by atoms with Crippen molar-refractivity contribution in [1.82, 2.24) is 0 Å². The molecule has 0 fully saturated rings. The van der Waals surface area contributed by atoms with E-state index in [2.05, 4.69) is 33.8 Å². The van der Waals surface area contributed by atoms with Gasteiger partial charge in [-0.25, -0.2) is 0 Å². The lowest BCUT2D eigenvalue weighted by molar-refractivity contribution is 0.543. The summed E-state index contributed by atoms with van der Waals surface area (Å²) in [6.45, 7) is 22.3. The summed E-state index contributed by atoms with van der Waals surface area (Å²) in [5.41, 5.74) is 3.73. The molecule has 1 nitrogen and oxygen atoms in total. The van der Waals surface area contributed by atoms with E-state index in [1.165, 1.54) is 16.7 Å². The lowest BCUT2D eigenvalue weighted by Crippen LogP contribution is -1.76. The van der Waals surface area contributed by atoms with Gasteiger partial charge in [-0.15, -0.1) is 0 Å². The Bertz CT molecular complexity index is 375. The third-order valence-corrected chi connectivity index (χ3v) is 2.26. The average molecular weight is 280 g/mol. The van der Waals surface area contributed by atoms with Gasteiger partial charge in [0.15, 0.2) is 0 Å². The van der Waals surface area contributed by atoms with Crippen LogP contribution in [0.2, 0.25) is 0 Å². The van der Waals surface area contributed by atoms with E-state index in [1.54, 1.807) is 0 Å². The van der Waals surface area contributed by atoms with Gasteiger partial charge in [-0.2, -0.15) is 0 Å². The summed E-state index contributed by atoms with van der Waals surface area (Å²) in [6, 6.07) is 0. The summed E-state index contributed by atoms with van der Waals surface area (Å²) in [5.74, 6) is 1.95. The summed E-state index contributed by atoms with van der Waals surface area (Å²) >= 11 is 0. The van der Waals surface area contributed by atoms with E-state index in [9.17, 15) is 0 Å². The van der Waals surface area contributed by atoms with E-state index < -0.39 is 0 Å². The van der Waals surface area contributed by atoms with Crippen molar-refractivity contribution in [2.75, 3.05) is 0 Å². The highest BCUT2D eigenvalue weighted by atomic mass is 16.3. The van der Waals surface area contributed by atoms with Crippen molar-refractivity contribution in [1.29, 1.82) is 0 Å². The largest absolute Gasteiger partial charge is 0.457 e. The Morgan fingerprint density at radius 2 is 1.20 bits per heavy atom. The second-order valence-electron chi connectivity index (χ2n) is 3.80. The highest BCUT2D eigenvalue weighted by molar-refractivity contribution is 5.58. The molecule has 0 bridgehead atoms. The smallest absolute Gasteiger partial charge is 0.130 e. The van der Waals surface area contributed by atoms with Gasteiger partial charge in [-0.3, -0.25) is 0 Å². The maximum atomic E-state index is 5.73. The van der Waals surface area contributed by atoms with Crippen LogP contribution in [0.5, 0.6) is 0 Å². The first kappa shape index (κ1) is 23.8. The molecule has 0 saturated carbocycles. The minimum Gasteiger partial charge on any atom is -0.457 e. The minimum absolute atomic E-state index is 0.970. The summed E-state index contributed by atoms with van der Waals surface area (Å²) in [5, 5.41) is 0. The number of rotatable bonds is 2. The Hall–Kier alpha value is -1.24. The fraction of sp³-hybridized carbons (Fsp3) is 0.579. The topological polar surface area (TPSA) is 13.1 Å². The van der Waals surface area contributed by atoms with Gasteiger partial charge in [-0.1, -0.05) is 53.2 Å². The van der Waals surface area contributed by atoms with Gasteiger partial charge >= 0.3 is 0 Å². The van der Waals surface area contributed by atoms with E-state index in [1.807, 2.05) is 60.6 Å². The summed E-state index contributed by atoms with van der Waals surface area (Å²) < 4.78 is 5.73. The van der Waals surface area contributed by atoms with E-state index in [0.29, 0.717) is 0 Å². The van der Waals surface area contributed by atoms with Gasteiger partial charge in [0.05, 0.1) is 0 Å². The lowest BCUT2D eigenvalue weighted by Gasteiger charge is -1.90. The number of hydrogen-bond donors (Lipinski definition) is 0. The van der Waals surface area contributed by atoms with Gasteiger partial charge in [0.25, 0.3) is 0 Å². The maximum absolute atomic E-state index is 5.73. The highest BCUT2D eigenvalue weighted by Crippen LogP contribution is 2.24. The molecule has 118 valence electrons. The molecule has 20 heavy (non-hydrogen) atoms. The third kappa shape index (κ3) is 8.79. The Balaban J connectivity index is -0.000000425. The van der Waals surface area contributed by atoms with Crippen LogP contribution in [0.15, 0.2) is 16.1 Å². The van der Waals surface area contributed by atoms with Crippen LogP contribution < -0.4 is 0 Å². The van der Waals surface area contributed by atoms with Crippen LogP contribution in [-0.4, -0.2) is 0 Å². The molecule has 0 amide bonds. The quantitative estimate of drug-likeness (QED) is 0.549. The molecule has 1 aromatic heterocycles. The van der Waals surface area contributed by atoms with Crippen LogP contribution >= 0.6 is 0 Å². The number of furan rings is 1. The van der Waals surface area contributed by atoms with Gasteiger partial charge in [0.2, 0.25) is 0 Å². The number of allylic oxidation sites excluding steroid dienone is 2.